The van der Waals surface area contributed by atoms with Gasteiger partial charge in [0.15, 0.2) is 0 Å². The Morgan fingerprint density at radius 2 is 2.70 bits per heavy atom. The summed E-state index contributed by atoms with van der Waals surface area (Å²) in [6.07, 6.45) is 6.45. The minimum absolute atomic E-state index is 0.0532. The number of hydrogen-bond donors (Lipinski definition) is 0. The van der Waals surface area contributed by atoms with Gasteiger partial charge in [0.2, 0.25) is 0 Å². The first-order chi connectivity index (χ1) is 4.92. The minimum Gasteiger partial charge on any atom is -0.325 e. The number of carbonyl (C=O) groups is 1. The van der Waals surface area contributed by atoms with E-state index in [2.05, 4.69) is 4.98 Å². The summed E-state index contributed by atoms with van der Waals surface area (Å²) in [6.45, 7) is 0. The fourth-order valence-electron chi connectivity index (χ4n) is 1.39. The van der Waals surface area contributed by atoms with Crippen LogP contribution in [-0.2, 0) is 11.2 Å². The number of imidazole rings is 1. The Hall–Kier alpha value is -1.12. The van der Waals surface area contributed by atoms with Crippen LogP contribution in [0.4, 0.5) is 0 Å². The number of aromatic nitrogens is 2. The third kappa shape index (κ3) is 0.602. The number of hydrogen-bond acceptors (Lipinski definition) is 2. The Labute approximate surface area is 58.7 Å². The van der Waals surface area contributed by atoms with E-state index in [1.54, 1.807) is 6.20 Å². The van der Waals surface area contributed by atoms with Crippen molar-refractivity contribution in [3.05, 3.63) is 18.2 Å². The lowest BCUT2D eigenvalue weighted by Crippen LogP contribution is -2.02. The van der Waals surface area contributed by atoms with Crippen LogP contribution in [0.1, 0.15) is 18.3 Å². The first kappa shape index (κ1) is 5.65. The van der Waals surface area contributed by atoms with Crippen molar-refractivity contribution >= 4 is 6.29 Å². The zero-order valence-corrected chi connectivity index (χ0v) is 5.53. The summed E-state index contributed by atoms with van der Waals surface area (Å²) in [6, 6.07) is 0.0532. The van der Waals surface area contributed by atoms with Gasteiger partial charge in [-0.05, 0) is 6.42 Å². The van der Waals surface area contributed by atoms with Crippen molar-refractivity contribution in [2.24, 2.45) is 0 Å². The second-order valence-corrected chi connectivity index (χ2v) is 2.49. The zero-order valence-electron chi connectivity index (χ0n) is 5.53. The lowest BCUT2D eigenvalue weighted by Gasteiger charge is -2.00. The Morgan fingerprint density at radius 3 is 3.50 bits per heavy atom. The first-order valence-corrected chi connectivity index (χ1v) is 3.39. The lowest BCUT2D eigenvalue weighted by molar-refractivity contribution is -0.110. The summed E-state index contributed by atoms with van der Waals surface area (Å²) in [5.74, 6) is 1.04. The molecule has 0 bridgehead atoms. The van der Waals surface area contributed by atoms with Crippen molar-refractivity contribution in [1.82, 2.24) is 9.55 Å². The van der Waals surface area contributed by atoms with Crippen LogP contribution in [0, 0.1) is 0 Å². The average molecular weight is 136 g/mol. The third-order valence-corrected chi connectivity index (χ3v) is 1.93. The molecule has 1 atom stereocenters. The maximum atomic E-state index is 10.4. The maximum Gasteiger partial charge on any atom is 0.142 e. The van der Waals surface area contributed by atoms with Crippen molar-refractivity contribution in [2.45, 2.75) is 18.9 Å². The van der Waals surface area contributed by atoms with Crippen LogP contribution in [-0.4, -0.2) is 15.8 Å². The summed E-state index contributed by atoms with van der Waals surface area (Å²) in [5.41, 5.74) is 0. The van der Waals surface area contributed by atoms with Gasteiger partial charge in [-0.1, -0.05) is 0 Å². The number of aldehydes is 1. The molecule has 0 saturated heterocycles. The summed E-state index contributed by atoms with van der Waals surface area (Å²) >= 11 is 0. The smallest absolute Gasteiger partial charge is 0.142 e. The molecule has 0 fully saturated rings. The number of rotatable bonds is 1. The standard InChI is InChI=1S/C7H8N2O/c10-5-6-1-2-7-8-3-4-9(6)7/h3-6H,1-2H2. The number of aryl methyl sites for hydroxylation is 1. The average Bonchev–Trinajstić information content (AvgIpc) is 2.44. The molecule has 1 aromatic heterocycles. The Bertz CT molecular complexity index is 254. The molecule has 0 aliphatic carbocycles. The van der Waals surface area contributed by atoms with Crippen LogP contribution < -0.4 is 0 Å². The van der Waals surface area contributed by atoms with Crippen LogP contribution >= 0.6 is 0 Å². The molecule has 1 unspecified atom stereocenters. The summed E-state index contributed by atoms with van der Waals surface area (Å²) in [7, 11) is 0. The molecule has 0 spiro atoms. The normalized spacial score (nSPS) is 22.6. The van der Waals surface area contributed by atoms with Crippen molar-refractivity contribution in [1.29, 1.82) is 0 Å². The van der Waals surface area contributed by atoms with E-state index in [4.69, 9.17) is 0 Å². The number of nitrogens with zero attached hydrogens (tertiary/aromatic N) is 2. The molecule has 0 radical (unpaired) electrons. The third-order valence-electron chi connectivity index (χ3n) is 1.93. The highest BCUT2D eigenvalue weighted by Crippen LogP contribution is 2.21. The van der Waals surface area contributed by atoms with Crippen molar-refractivity contribution in [3.8, 4) is 0 Å². The van der Waals surface area contributed by atoms with Crippen molar-refractivity contribution in [3.63, 3.8) is 0 Å². The highest BCUT2D eigenvalue weighted by atomic mass is 16.1. The van der Waals surface area contributed by atoms with Gasteiger partial charge in [0, 0.05) is 18.8 Å². The fraction of sp³-hybridized carbons (Fsp3) is 0.429. The van der Waals surface area contributed by atoms with Gasteiger partial charge in [-0.3, -0.25) is 0 Å². The van der Waals surface area contributed by atoms with Crippen LogP contribution in [0.25, 0.3) is 0 Å². The fourth-order valence-corrected chi connectivity index (χ4v) is 1.39. The molecule has 3 heteroatoms. The second kappa shape index (κ2) is 1.94. The monoisotopic (exact) mass is 136 g/mol. The molecule has 2 heterocycles. The van der Waals surface area contributed by atoms with Gasteiger partial charge < -0.3 is 9.36 Å². The number of carbonyl (C=O) groups excluding carboxylic acids is 1. The first-order valence-electron chi connectivity index (χ1n) is 3.39. The van der Waals surface area contributed by atoms with Crippen molar-refractivity contribution < 1.29 is 4.79 Å². The summed E-state index contributed by atoms with van der Waals surface area (Å²) in [4.78, 5) is 14.5. The molecule has 0 amide bonds. The molecule has 10 heavy (non-hydrogen) atoms. The van der Waals surface area contributed by atoms with Crippen LogP contribution in [0.2, 0.25) is 0 Å². The lowest BCUT2D eigenvalue weighted by atomic mass is 10.2. The van der Waals surface area contributed by atoms with Gasteiger partial charge >= 0.3 is 0 Å². The van der Waals surface area contributed by atoms with Crippen LogP contribution in [0.5, 0.6) is 0 Å². The van der Waals surface area contributed by atoms with Gasteiger partial charge in [0.05, 0.1) is 6.04 Å². The molecular weight excluding hydrogens is 128 g/mol. The van der Waals surface area contributed by atoms with Gasteiger partial charge in [-0.25, -0.2) is 4.98 Å². The van der Waals surface area contributed by atoms with E-state index in [9.17, 15) is 4.79 Å². The number of fused-ring (bicyclic) bond motifs is 1. The largest absolute Gasteiger partial charge is 0.325 e. The molecule has 0 N–H and O–H groups in total. The van der Waals surface area contributed by atoms with Gasteiger partial charge in [-0.15, -0.1) is 0 Å². The summed E-state index contributed by atoms with van der Waals surface area (Å²) in [5, 5.41) is 0. The molecule has 0 aromatic carbocycles. The minimum atomic E-state index is 0.0532. The molecule has 52 valence electrons. The van der Waals surface area contributed by atoms with E-state index in [1.165, 1.54) is 0 Å². The van der Waals surface area contributed by atoms with E-state index in [0.29, 0.717) is 0 Å². The SMILES string of the molecule is O=CC1CCc2nccn21. The van der Waals surface area contributed by atoms with Crippen LogP contribution in [0.15, 0.2) is 12.4 Å². The molecule has 1 aromatic rings. The molecule has 3 nitrogen and oxygen atoms in total. The van der Waals surface area contributed by atoms with E-state index in [1.807, 2.05) is 10.8 Å². The highest BCUT2D eigenvalue weighted by Gasteiger charge is 2.20. The predicted molar refractivity (Wildman–Crippen MR) is 35.6 cm³/mol. The van der Waals surface area contributed by atoms with E-state index in [-0.39, 0.29) is 6.04 Å². The van der Waals surface area contributed by atoms with Gasteiger partial charge in [0.1, 0.15) is 12.1 Å². The van der Waals surface area contributed by atoms with Crippen molar-refractivity contribution in [2.75, 3.05) is 0 Å². The van der Waals surface area contributed by atoms with E-state index < -0.39 is 0 Å². The zero-order chi connectivity index (χ0) is 6.97. The summed E-state index contributed by atoms with van der Waals surface area (Å²) < 4.78 is 1.94. The quantitative estimate of drug-likeness (QED) is 0.529. The molecule has 2 rings (SSSR count). The Balaban J connectivity index is 2.43. The Kier molecular flexibility index (Phi) is 1.09. The second-order valence-electron chi connectivity index (χ2n) is 2.49. The van der Waals surface area contributed by atoms with Crippen LogP contribution in [0.3, 0.4) is 0 Å². The topological polar surface area (TPSA) is 34.9 Å². The Morgan fingerprint density at radius 1 is 1.80 bits per heavy atom. The molecular formula is C7H8N2O. The molecule has 1 aliphatic rings. The van der Waals surface area contributed by atoms with Gasteiger partial charge in [-0.2, -0.15) is 0 Å². The van der Waals surface area contributed by atoms with E-state index in [0.717, 1.165) is 25.0 Å². The maximum absolute atomic E-state index is 10.4. The van der Waals surface area contributed by atoms with Gasteiger partial charge in [0.25, 0.3) is 0 Å². The molecule has 1 aliphatic heterocycles. The highest BCUT2D eigenvalue weighted by molar-refractivity contribution is 5.56. The van der Waals surface area contributed by atoms with E-state index >= 15 is 0 Å². The predicted octanol–water partition coefficient (Wildman–Crippen LogP) is 0.569. The molecule has 0 saturated carbocycles.